The minimum atomic E-state index is 0.0501. The first kappa shape index (κ1) is 44.2. The topological polar surface area (TPSA) is 6.48 Å². The first-order valence-electron chi connectivity index (χ1n) is 25.8. The molecule has 3 heterocycles. The highest BCUT2D eigenvalue weighted by Gasteiger charge is 2.48. The minimum absolute atomic E-state index is 0.0501. The predicted octanol–water partition coefficient (Wildman–Crippen LogP) is 16.3. The van der Waals surface area contributed by atoms with Crippen molar-refractivity contribution in [3.63, 3.8) is 0 Å². The van der Waals surface area contributed by atoms with E-state index in [-0.39, 0.29) is 39.2 Å². The van der Waals surface area contributed by atoms with Gasteiger partial charge in [-0.1, -0.05) is 132 Å². The number of thiophene rings is 1. The third-order valence-electron chi connectivity index (χ3n) is 18.3. The Balaban J connectivity index is 1.20. The molecule has 3 aliphatic carbocycles. The smallest absolute Gasteiger partial charge is 0.264 e. The van der Waals surface area contributed by atoms with Crippen LogP contribution in [0.4, 0.5) is 34.1 Å². The van der Waals surface area contributed by atoms with Gasteiger partial charge in [-0.15, -0.1) is 11.3 Å². The second-order valence-electron chi connectivity index (χ2n) is 25.9. The standard InChI is InChI=1S/C64H71BN2S/c1-38-20-23-50-52(30-38)67(51-36-48-46(61(7,8)26-28-63(48,11)12)34-42(51)40-18-16-15-17-19-40)54-32-39(2)31-53-56(54)65(50)58-57(43-35-47-49(37-55(43)68-58)64(13,14)29-27-62(47,9)10)66(53)41-21-22-44-45(33-41)60(5,6)25-24-59(44,3)4/h15-23,30-37H,24-29H2,1-14H3. The molecule has 0 unspecified atom stereocenters. The summed E-state index contributed by atoms with van der Waals surface area (Å²) in [5.41, 5.74) is 25.5. The van der Waals surface area contributed by atoms with Gasteiger partial charge in [-0.3, -0.25) is 0 Å². The Kier molecular flexibility index (Phi) is 9.27. The van der Waals surface area contributed by atoms with Crippen molar-refractivity contribution in [3.8, 4) is 11.1 Å². The molecule has 4 heteroatoms. The number of hydrogen-bond acceptors (Lipinski definition) is 3. The Morgan fingerprint density at radius 2 is 0.956 bits per heavy atom. The van der Waals surface area contributed by atoms with E-state index in [9.17, 15) is 0 Å². The Morgan fingerprint density at radius 1 is 0.441 bits per heavy atom. The third kappa shape index (κ3) is 6.33. The molecule has 0 saturated heterocycles. The SMILES string of the molecule is Cc1ccc2c(c1)N(c1cc3c(cc1-c1ccccc1)C(C)(C)CCC3(C)C)c1cc(C)cc3c1B2c1sc2cc4c(cc2c1N3c1ccc2c(c1)C(C)(C)CCC2(C)C)C(C)(C)CCC4(C)C. The molecule has 7 aromatic rings. The summed E-state index contributed by atoms with van der Waals surface area (Å²) in [5.74, 6) is 0. The summed E-state index contributed by atoms with van der Waals surface area (Å²) in [7, 11) is 0. The van der Waals surface area contributed by atoms with Gasteiger partial charge in [-0.25, -0.2) is 0 Å². The van der Waals surface area contributed by atoms with E-state index in [0.29, 0.717) is 0 Å². The molecule has 0 atom stereocenters. The van der Waals surface area contributed by atoms with E-state index in [4.69, 9.17) is 0 Å². The summed E-state index contributed by atoms with van der Waals surface area (Å²) in [5, 5.41) is 1.41. The van der Waals surface area contributed by atoms with Crippen LogP contribution in [0.1, 0.15) is 166 Å². The van der Waals surface area contributed by atoms with E-state index in [1.165, 1.54) is 154 Å². The predicted molar refractivity (Wildman–Crippen MR) is 297 cm³/mol. The number of fused-ring (bicyclic) bond motifs is 9. The number of anilines is 6. The quantitative estimate of drug-likeness (QED) is 0.163. The van der Waals surface area contributed by atoms with Gasteiger partial charge in [0.25, 0.3) is 6.71 Å². The van der Waals surface area contributed by atoms with E-state index in [1.807, 2.05) is 0 Å². The third-order valence-corrected chi connectivity index (χ3v) is 19.5. The number of aryl methyl sites for hydroxylation is 2. The molecule has 68 heavy (non-hydrogen) atoms. The Labute approximate surface area is 412 Å². The maximum absolute atomic E-state index is 2.75. The molecular formula is C64H71BN2S. The van der Waals surface area contributed by atoms with Gasteiger partial charge in [-0.05, 0) is 200 Å². The van der Waals surface area contributed by atoms with Crippen molar-refractivity contribution in [3.05, 3.63) is 148 Å². The van der Waals surface area contributed by atoms with Crippen molar-refractivity contribution < 1.29 is 0 Å². The normalized spacial score (nSPS) is 20.5. The fourth-order valence-electron chi connectivity index (χ4n) is 13.7. The highest BCUT2D eigenvalue weighted by atomic mass is 32.1. The zero-order chi connectivity index (χ0) is 47.8. The van der Waals surface area contributed by atoms with Gasteiger partial charge in [-0.2, -0.15) is 0 Å². The molecule has 2 aliphatic heterocycles. The summed E-state index contributed by atoms with van der Waals surface area (Å²) in [6.45, 7) is 34.4. The maximum Gasteiger partial charge on any atom is 0.264 e. The van der Waals surface area contributed by atoms with Gasteiger partial charge in [0.1, 0.15) is 0 Å². The van der Waals surface area contributed by atoms with Crippen LogP contribution in [0.25, 0.3) is 21.2 Å². The van der Waals surface area contributed by atoms with Gasteiger partial charge in [0.2, 0.25) is 0 Å². The van der Waals surface area contributed by atoms with Gasteiger partial charge in [0, 0.05) is 43.2 Å². The van der Waals surface area contributed by atoms with E-state index < -0.39 is 0 Å². The van der Waals surface area contributed by atoms with Gasteiger partial charge < -0.3 is 9.80 Å². The molecule has 5 aliphatic rings. The number of benzene rings is 6. The highest BCUT2D eigenvalue weighted by Crippen LogP contribution is 2.56. The van der Waals surface area contributed by atoms with Crippen LogP contribution < -0.4 is 25.5 Å². The molecule has 0 saturated carbocycles. The number of nitrogens with zero attached hydrogens (tertiary/aromatic N) is 2. The Morgan fingerprint density at radius 3 is 1.57 bits per heavy atom. The van der Waals surface area contributed by atoms with Crippen LogP contribution in [0.5, 0.6) is 0 Å². The van der Waals surface area contributed by atoms with Crippen molar-refractivity contribution in [1.29, 1.82) is 0 Å². The molecule has 0 spiro atoms. The Hall–Kier alpha value is -5.06. The largest absolute Gasteiger partial charge is 0.311 e. The molecule has 346 valence electrons. The van der Waals surface area contributed by atoms with Crippen molar-refractivity contribution in [2.75, 3.05) is 9.80 Å². The van der Waals surface area contributed by atoms with Crippen molar-refractivity contribution in [2.45, 2.75) is 168 Å². The van der Waals surface area contributed by atoms with Crippen LogP contribution in [-0.2, 0) is 32.5 Å². The van der Waals surface area contributed by atoms with E-state index >= 15 is 0 Å². The fraction of sp³-hybridized carbons (Fsp3) is 0.406. The molecule has 1 aromatic heterocycles. The van der Waals surface area contributed by atoms with Crippen molar-refractivity contribution in [2.24, 2.45) is 0 Å². The van der Waals surface area contributed by atoms with Crippen LogP contribution >= 0.6 is 11.3 Å². The number of rotatable bonds is 3. The molecule has 6 aromatic carbocycles. The molecule has 0 amide bonds. The zero-order valence-electron chi connectivity index (χ0n) is 43.4. The number of hydrogen-bond donors (Lipinski definition) is 0. The summed E-state index contributed by atoms with van der Waals surface area (Å²) >= 11 is 2.07. The molecule has 12 rings (SSSR count). The maximum atomic E-state index is 2.75. The average molecular weight is 911 g/mol. The van der Waals surface area contributed by atoms with Crippen LogP contribution in [0, 0.1) is 13.8 Å². The summed E-state index contributed by atoms with van der Waals surface area (Å²) in [6, 6.07) is 41.8. The zero-order valence-corrected chi connectivity index (χ0v) is 44.3. The molecule has 0 bridgehead atoms. The van der Waals surface area contributed by atoms with E-state index in [0.717, 1.165) is 0 Å². The average Bonchev–Trinajstić information content (AvgIpc) is 3.66. The second kappa shape index (κ2) is 14.3. The Bertz CT molecular complexity index is 3280. The molecule has 0 radical (unpaired) electrons. The van der Waals surface area contributed by atoms with Gasteiger partial charge in [0.05, 0.1) is 11.4 Å². The first-order valence-corrected chi connectivity index (χ1v) is 26.7. The summed E-state index contributed by atoms with van der Waals surface area (Å²) in [4.78, 5) is 5.46. The molecule has 0 N–H and O–H groups in total. The first-order chi connectivity index (χ1) is 32.0. The molecular weight excluding hydrogens is 840 g/mol. The second-order valence-corrected chi connectivity index (χ2v) is 27.0. The lowest BCUT2D eigenvalue weighted by Crippen LogP contribution is -2.60. The highest BCUT2D eigenvalue weighted by molar-refractivity contribution is 7.33. The lowest BCUT2D eigenvalue weighted by atomic mass is 9.36. The van der Waals surface area contributed by atoms with Crippen LogP contribution in [0.3, 0.4) is 0 Å². The molecule has 2 nitrogen and oxygen atoms in total. The monoisotopic (exact) mass is 911 g/mol. The summed E-state index contributed by atoms with van der Waals surface area (Å²) in [6.07, 6.45) is 7.15. The fourth-order valence-corrected chi connectivity index (χ4v) is 15.0. The molecule has 0 fully saturated rings. The lowest BCUT2D eigenvalue weighted by molar-refractivity contribution is 0.332. The lowest BCUT2D eigenvalue weighted by Gasteiger charge is -2.46. The van der Waals surface area contributed by atoms with Crippen molar-refractivity contribution >= 4 is 78.0 Å². The van der Waals surface area contributed by atoms with E-state index in [2.05, 4.69) is 221 Å². The van der Waals surface area contributed by atoms with E-state index in [1.54, 1.807) is 0 Å². The van der Waals surface area contributed by atoms with Crippen molar-refractivity contribution in [1.82, 2.24) is 0 Å². The van der Waals surface area contributed by atoms with Crippen LogP contribution in [0.15, 0.2) is 103 Å². The summed E-state index contributed by atoms with van der Waals surface area (Å²) < 4.78 is 2.88. The van der Waals surface area contributed by atoms with Crippen LogP contribution in [-0.4, -0.2) is 6.71 Å². The van der Waals surface area contributed by atoms with Gasteiger partial charge >= 0.3 is 0 Å². The van der Waals surface area contributed by atoms with Crippen LogP contribution in [0.2, 0.25) is 0 Å². The van der Waals surface area contributed by atoms with Gasteiger partial charge in [0.15, 0.2) is 0 Å². The minimum Gasteiger partial charge on any atom is -0.311 e.